The van der Waals surface area contributed by atoms with E-state index in [-0.39, 0.29) is 23.7 Å². The minimum Gasteiger partial charge on any atom is -0.504 e. The van der Waals surface area contributed by atoms with E-state index >= 15 is 0 Å². The Morgan fingerprint density at radius 3 is 2.76 bits per heavy atom. The van der Waals surface area contributed by atoms with Gasteiger partial charge in [0.2, 0.25) is 0 Å². The van der Waals surface area contributed by atoms with Crippen LogP contribution in [0.3, 0.4) is 0 Å². The number of methoxy groups -OCH3 is 1. The summed E-state index contributed by atoms with van der Waals surface area (Å²) in [7, 11) is 1.49. The topological polar surface area (TPSA) is 61.8 Å². The second-order valence-corrected chi connectivity index (χ2v) is 5.69. The molecule has 1 amide bonds. The molecule has 2 rings (SSSR count). The van der Waals surface area contributed by atoms with Gasteiger partial charge in [-0.25, -0.2) is 0 Å². The Morgan fingerprint density at radius 1 is 1.48 bits per heavy atom. The number of phenolic OH excluding ortho intramolecular Hbond substituents is 1. The summed E-state index contributed by atoms with van der Waals surface area (Å²) in [5.74, 6) is 0.326. The molecule has 5 nitrogen and oxygen atoms in total. The van der Waals surface area contributed by atoms with E-state index in [2.05, 4.69) is 5.32 Å². The highest BCUT2D eigenvalue weighted by Gasteiger charge is 2.28. The van der Waals surface area contributed by atoms with Crippen molar-refractivity contribution in [1.29, 1.82) is 0 Å². The van der Waals surface area contributed by atoms with Crippen molar-refractivity contribution in [2.24, 2.45) is 0 Å². The van der Waals surface area contributed by atoms with Crippen molar-refractivity contribution < 1.29 is 14.6 Å². The lowest BCUT2D eigenvalue weighted by Gasteiger charge is -2.37. The van der Waals surface area contributed by atoms with Crippen LogP contribution in [-0.4, -0.2) is 48.2 Å². The summed E-state index contributed by atoms with van der Waals surface area (Å²) in [4.78, 5) is 14.7. The zero-order chi connectivity index (χ0) is 15.4. The number of hydrogen-bond donors (Lipinski definition) is 2. The van der Waals surface area contributed by atoms with Crippen LogP contribution in [0.25, 0.3) is 0 Å². The first-order valence-corrected chi connectivity index (χ1v) is 7.45. The van der Waals surface area contributed by atoms with Gasteiger partial charge in [0.25, 0.3) is 5.91 Å². The number of carbonyl (C=O) groups is 1. The molecule has 1 aliphatic heterocycles. The predicted octanol–water partition coefficient (Wildman–Crippen LogP) is 2.00. The van der Waals surface area contributed by atoms with Crippen molar-refractivity contribution in [3.63, 3.8) is 0 Å². The van der Waals surface area contributed by atoms with E-state index in [4.69, 9.17) is 4.74 Å². The van der Waals surface area contributed by atoms with Crippen molar-refractivity contribution in [2.75, 3.05) is 20.2 Å². The lowest BCUT2D eigenvalue weighted by atomic mass is 10.0. The third kappa shape index (κ3) is 3.47. The first-order valence-electron chi connectivity index (χ1n) is 7.45. The molecule has 0 spiro atoms. The predicted molar refractivity (Wildman–Crippen MR) is 81.9 cm³/mol. The maximum absolute atomic E-state index is 12.8. The number of ether oxygens (including phenoxy) is 1. The van der Waals surface area contributed by atoms with Crippen LogP contribution in [0.4, 0.5) is 0 Å². The molecule has 0 saturated carbocycles. The number of amides is 1. The summed E-state index contributed by atoms with van der Waals surface area (Å²) in [5, 5.41) is 13.2. The molecule has 1 saturated heterocycles. The van der Waals surface area contributed by atoms with Crippen molar-refractivity contribution in [1.82, 2.24) is 10.2 Å². The fourth-order valence-electron chi connectivity index (χ4n) is 2.86. The molecule has 21 heavy (non-hydrogen) atoms. The minimum atomic E-state index is -0.0448. The minimum absolute atomic E-state index is 0.00572. The van der Waals surface area contributed by atoms with E-state index in [1.54, 1.807) is 12.1 Å². The van der Waals surface area contributed by atoms with Crippen LogP contribution >= 0.6 is 0 Å². The van der Waals surface area contributed by atoms with Crippen molar-refractivity contribution in [3.8, 4) is 11.5 Å². The molecule has 1 atom stereocenters. The van der Waals surface area contributed by atoms with Crippen LogP contribution in [0.5, 0.6) is 11.5 Å². The van der Waals surface area contributed by atoms with Gasteiger partial charge in [0, 0.05) is 24.2 Å². The normalized spacial score (nSPS) is 18.6. The highest BCUT2D eigenvalue weighted by Crippen LogP contribution is 2.27. The second kappa shape index (κ2) is 6.80. The van der Waals surface area contributed by atoms with Crippen LogP contribution in [-0.2, 0) is 0 Å². The van der Waals surface area contributed by atoms with Crippen molar-refractivity contribution in [3.05, 3.63) is 23.8 Å². The van der Waals surface area contributed by atoms with E-state index in [9.17, 15) is 9.90 Å². The van der Waals surface area contributed by atoms with Crippen LogP contribution in [0.2, 0.25) is 0 Å². The molecule has 116 valence electrons. The van der Waals surface area contributed by atoms with Gasteiger partial charge in [-0.3, -0.25) is 4.79 Å². The number of hydrogen-bond acceptors (Lipinski definition) is 4. The molecule has 0 radical (unpaired) electrons. The Kier molecular flexibility index (Phi) is 5.07. The molecular weight excluding hydrogens is 268 g/mol. The number of carbonyl (C=O) groups excluding carboxylic acids is 1. The number of benzene rings is 1. The Labute approximate surface area is 125 Å². The SMILES string of the molecule is COc1ccc(C(=O)N(C(C)C)[C@@H]2CCCNC2)cc1O. The molecule has 0 aromatic heterocycles. The van der Waals surface area contributed by atoms with Gasteiger partial charge < -0.3 is 20.1 Å². The average Bonchev–Trinajstić information content (AvgIpc) is 2.48. The van der Waals surface area contributed by atoms with Gasteiger partial charge in [-0.1, -0.05) is 0 Å². The Morgan fingerprint density at radius 2 is 2.24 bits per heavy atom. The van der Waals surface area contributed by atoms with Crippen LogP contribution < -0.4 is 10.1 Å². The zero-order valence-corrected chi connectivity index (χ0v) is 12.9. The van der Waals surface area contributed by atoms with Gasteiger partial charge in [0.1, 0.15) is 0 Å². The number of phenols is 1. The highest BCUT2D eigenvalue weighted by atomic mass is 16.5. The summed E-state index contributed by atoms with van der Waals surface area (Å²) >= 11 is 0. The first-order chi connectivity index (χ1) is 10.0. The van der Waals surface area contributed by atoms with Crippen LogP contribution in [0.15, 0.2) is 18.2 Å². The number of aromatic hydroxyl groups is 1. The van der Waals surface area contributed by atoms with E-state index in [0.29, 0.717) is 11.3 Å². The zero-order valence-electron chi connectivity index (χ0n) is 12.9. The lowest BCUT2D eigenvalue weighted by Crippen LogP contribution is -2.51. The van der Waals surface area contributed by atoms with Crippen molar-refractivity contribution >= 4 is 5.91 Å². The lowest BCUT2D eigenvalue weighted by molar-refractivity contribution is 0.0573. The monoisotopic (exact) mass is 292 g/mol. The summed E-state index contributed by atoms with van der Waals surface area (Å²) in [6, 6.07) is 5.13. The van der Waals surface area contributed by atoms with E-state index in [0.717, 1.165) is 25.9 Å². The quantitative estimate of drug-likeness (QED) is 0.891. The number of nitrogens with zero attached hydrogens (tertiary/aromatic N) is 1. The van der Waals surface area contributed by atoms with Gasteiger partial charge in [-0.2, -0.15) is 0 Å². The molecule has 0 bridgehead atoms. The molecule has 1 aromatic rings. The van der Waals surface area contributed by atoms with E-state index < -0.39 is 0 Å². The average molecular weight is 292 g/mol. The summed E-state index contributed by atoms with van der Waals surface area (Å²) in [6.07, 6.45) is 2.09. The number of piperidine rings is 1. The molecule has 5 heteroatoms. The molecule has 2 N–H and O–H groups in total. The van der Waals surface area contributed by atoms with Gasteiger partial charge in [0.05, 0.1) is 7.11 Å². The third-order valence-corrected chi connectivity index (χ3v) is 3.88. The largest absolute Gasteiger partial charge is 0.504 e. The Bertz CT molecular complexity index is 496. The molecular formula is C16H24N2O3. The molecule has 1 heterocycles. The summed E-state index contributed by atoms with van der Waals surface area (Å²) in [5.41, 5.74) is 0.493. The number of rotatable bonds is 4. The molecule has 0 aliphatic carbocycles. The molecule has 1 aliphatic rings. The second-order valence-electron chi connectivity index (χ2n) is 5.69. The van der Waals surface area contributed by atoms with E-state index in [1.165, 1.54) is 13.2 Å². The van der Waals surface area contributed by atoms with Gasteiger partial charge in [0.15, 0.2) is 11.5 Å². The first kappa shape index (κ1) is 15.6. The number of nitrogens with one attached hydrogen (secondary N) is 1. The third-order valence-electron chi connectivity index (χ3n) is 3.88. The van der Waals surface area contributed by atoms with Crippen molar-refractivity contribution in [2.45, 2.75) is 38.8 Å². The Hall–Kier alpha value is -1.75. The highest BCUT2D eigenvalue weighted by molar-refractivity contribution is 5.95. The van der Waals surface area contributed by atoms with Gasteiger partial charge >= 0.3 is 0 Å². The van der Waals surface area contributed by atoms with Gasteiger partial charge in [-0.15, -0.1) is 0 Å². The summed E-state index contributed by atoms with van der Waals surface area (Å²) in [6.45, 7) is 5.89. The maximum atomic E-state index is 12.8. The molecule has 1 fully saturated rings. The Balaban J connectivity index is 2.23. The van der Waals surface area contributed by atoms with Crippen LogP contribution in [0.1, 0.15) is 37.0 Å². The fraction of sp³-hybridized carbons (Fsp3) is 0.562. The fourth-order valence-corrected chi connectivity index (χ4v) is 2.86. The molecule has 1 aromatic carbocycles. The standard InChI is InChI=1S/C16H24N2O3/c1-11(2)18(13-5-4-8-17-10-13)16(20)12-6-7-15(21-3)14(19)9-12/h6-7,9,11,13,17,19H,4-5,8,10H2,1-3H3/t13-/m1/s1. The smallest absolute Gasteiger partial charge is 0.254 e. The van der Waals surface area contributed by atoms with E-state index in [1.807, 2.05) is 18.7 Å². The maximum Gasteiger partial charge on any atom is 0.254 e. The van der Waals surface area contributed by atoms with Crippen LogP contribution in [0, 0.1) is 0 Å². The summed E-state index contributed by atoms with van der Waals surface area (Å²) < 4.78 is 5.02. The van der Waals surface area contributed by atoms with Gasteiger partial charge in [-0.05, 0) is 51.4 Å². The molecule has 0 unspecified atom stereocenters.